The highest BCUT2D eigenvalue weighted by molar-refractivity contribution is 7.09. The highest BCUT2D eigenvalue weighted by Gasteiger charge is 2.09. The minimum atomic E-state index is 0.239. The molecule has 0 atom stereocenters. The van der Waals surface area contributed by atoms with E-state index in [1.54, 1.807) is 18.4 Å². The Labute approximate surface area is 118 Å². The molecule has 3 aromatic rings. The summed E-state index contributed by atoms with van der Waals surface area (Å²) in [4.78, 5) is 17.5. The number of aromatic nitrogens is 6. The van der Waals surface area contributed by atoms with Crippen molar-refractivity contribution in [3.8, 4) is 12.0 Å². The molecule has 1 N–H and O–H groups in total. The van der Waals surface area contributed by atoms with Gasteiger partial charge in [0.05, 0.1) is 0 Å². The maximum atomic E-state index is 5.58. The summed E-state index contributed by atoms with van der Waals surface area (Å²) < 4.78 is 7.02. The number of thiophene rings is 1. The normalized spacial score (nSPS) is 10.4. The van der Waals surface area contributed by atoms with Crippen molar-refractivity contribution < 1.29 is 4.74 Å². The molecule has 0 aliphatic rings. The molecule has 3 heterocycles. The van der Waals surface area contributed by atoms with E-state index in [4.69, 9.17) is 4.74 Å². The molecule has 0 aromatic carbocycles. The molecule has 3 aromatic heterocycles. The number of hydrogen-bond donors (Lipinski definition) is 1. The quantitative estimate of drug-likeness (QED) is 0.753. The van der Waals surface area contributed by atoms with Gasteiger partial charge in [-0.2, -0.15) is 24.7 Å². The average molecular weight is 289 g/mol. The first kappa shape index (κ1) is 12.5. The monoisotopic (exact) mass is 289 g/mol. The van der Waals surface area contributed by atoms with Gasteiger partial charge in [-0.3, -0.25) is 0 Å². The van der Waals surface area contributed by atoms with Gasteiger partial charge >= 0.3 is 6.01 Å². The molecule has 0 bridgehead atoms. The van der Waals surface area contributed by atoms with Crippen LogP contribution in [-0.2, 0) is 6.61 Å². The minimum absolute atomic E-state index is 0.239. The lowest BCUT2D eigenvalue weighted by atomic mass is 10.5. The highest BCUT2D eigenvalue weighted by atomic mass is 32.1. The fourth-order valence-electron chi connectivity index (χ4n) is 1.47. The van der Waals surface area contributed by atoms with Crippen molar-refractivity contribution in [2.24, 2.45) is 0 Å². The third-order valence-electron chi connectivity index (χ3n) is 2.37. The van der Waals surface area contributed by atoms with Crippen molar-refractivity contribution in [3.63, 3.8) is 0 Å². The summed E-state index contributed by atoms with van der Waals surface area (Å²) in [5, 5.41) is 8.84. The van der Waals surface area contributed by atoms with E-state index in [1.165, 1.54) is 17.3 Å². The second-order valence-corrected chi connectivity index (χ2v) is 4.73. The van der Waals surface area contributed by atoms with Gasteiger partial charge in [0.15, 0.2) is 0 Å². The summed E-state index contributed by atoms with van der Waals surface area (Å²) in [6, 6.07) is 4.20. The molecule has 0 unspecified atom stereocenters. The largest absolute Gasteiger partial charge is 0.458 e. The topological polar surface area (TPSA) is 90.6 Å². The first-order valence-electron chi connectivity index (χ1n) is 5.79. The van der Waals surface area contributed by atoms with Crippen LogP contribution in [0.5, 0.6) is 6.01 Å². The fraction of sp³-hybridized carbons (Fsp3) is 0.182. The van der Waals surface area contributed by atoms with E-state index in [-0.39, 0.29) is 6.01 Å². The maximum Gasteiger partial charge on any atom is 0.323 e. The number of rotatable bonds is 5. The van der Waals surface area contributed by atoms with E-state index in [2.05, 4.69) is 30.4 Å². The van der Waals surface area contributed by atoms with Crippen LogP contribution in [0.1, 0.15) is 4.88 Å². The van der Waals surface area contributed by atoms with Crippen LogP contribution in [-0.4, -0.2) is 36.8 Å². The molecule has 0 fully saturated rings. The van der Waals surface area contributed by atoms with Crippen molar-refractivity contribution in [1.29, 1.82) is 0 Å². The fourth-order valence-corrected chi connectivity index (χ4v) is 2.08. The smallest absolute Gasteiger partial charge is 0.323 e. The zero-order valence-corrected chi connectivity index (χ0v) is 11.4. The van der Waals surface area contributed by atoms with Gasteiger partial charge in [0, 0.05) is 11.9 Å². The Balaban J connectivity index is 1.84. The van der Waals surface area contributed by atoms with E-state index in [1.807, 2.05) is 17.5 Å². The van der Waals surface area contributed by atoms with Crippen LogP contribution < -0.4 is 10.1 Å². The molecule has 0 saturated heterocycles. The molecule has 0 spiro atoms. The van der Waals surface area contributed by atoms with Gasteiger partial charge in [0.2, 0.25) is 5.95 Å². The van der Waals surface area contributed by atoms with Crippen molar-refractivity contribution in [3.05, 3.63) is 35.0 Å². The van der Waals surface area contributed by atoms with Crippen LogP contribution >= 0.6 is 11.3 Å². The van der Waals surface area contributed by atoms with Crippen molar-refractivity contribution in [2.75, 3.05) is 12.4 Å². The van der Waals surface area contributed by atoms with Gasteiger partial charge in [-0.25, -0.2) is 4.98 Å². The second kappa shape index (κ2) is 5.61. The van der Waals surface area contributed by atoms with Gasteiger partial charge in [-0.1, -0.05) is 6.07 Å². The molecule has 9 heteroatoms. The van der Waals surface area contributed by atoms with E-state index in [0.29, 0.717) is 18.5 Å². The van der Waals surface area contributed by atoms with Crippen molar-refractivity contribution >= 4 is 17.3 Å². The molecule has 102 valence electrons. The molecule has 0 amide bonds. The molecule has 0 saturated carbocycles. The zero-order valence-electron chi connectivity index (χ0n) is 10.6. The SMILES string of the molecule is CNc1nc(OCc2cccs2)nc(-n2cncn2)n1. The maximum absolute atomic E-state index is 5.58. The summed E-state index contributed by atoms with van der Waals surface area (Å²) in [5.41, 5.74) is 0. The number of hydrogen-bond acceptors (Lipinski definition) is 8. The summed E-state index contributed by atoms with van der Waals surface area (Å²) in [7, 11) is 1.73. The molecule has 20 heavy (non-hydrogen) atoms. The lowest BCUT2D eigenvalue weighted by Crippen LogP contribution is -2.09. The summed E-state index contributed by atoms with van der Waals surface area (Å²) in [5.74, 6) is 0.759. The number of nitrogens with one attached hydrogen (secondary N) is 1. The van der Waals surface area contributed by atoms with Crippen LogP contribution in [0.3, 0.4) is 0 Å². The Morgan fingerprint density at radius 2 is 2.30 bits per heavy atom. The standard InChI is InChI=1S/C11H11N7OS/c1-12-9-15-10(18-7-13-6-14-18)17-11(16-9)19-5-8-3-2-4-20-8/h2-4,6-7H,5H2,1H3,(H,12,15,16,17). The van der Waals surface area contributed by atoms with Gasteiger partial charge < -0.3 is 10.1 Å². The Hall–Kier alpha value is -2.55. The Morgan fingerprint density at radius 3 is 3.00 bits per heavy atom. The third kappa shape index (κ3) is 2.72. The first-order chi connectivity index (χ1) is 9.85. The molecular formula is C11H11N7OS. The Bertz CT molecular complexity index is 668. The van der Waals surface area contributed by atoms with E-state index in [9.17, 15) is 0 Å². The Kier molecular flexibility index (Phi) is 3.50. The predicted octanol–water partition coefficient (Wildman–Crippen LogP) is 1.13. The first-order valence-corrected chi connectivity index (χ1v) is 6.67. The lowest BCUT2D eigenvalue weighted by Gasteiger charge is -2.06. The summed E-state index contributed by atoms with van der Waals surface area (Å²) >= 11 is 1.61. The molecule has 0 aliphatic carbocycles. The second-order valence-electron chi connectivity index (χ2n) is 3.70. The molecule has 3 rings (SSSR count). The lowest BCUT2D eigenvalue weighted by molar-refractivity contribution is 0.283. The van der Waals surface area contributed by atoms with Gasteiger partial charge in [-0.05, 0) is 11.4 Å². The van der Waals surface area contributed by atoms with Gasteiger partial charge in [0.25, 0.3) is 5.95 Å². The van der Waals surface area contributed by atoms with Crippen LogP contribution in [0, 0.1) is 0 Å². The van der Waals surface area contributed by atoms with Crippen molar-refractivity contribution in [1.82, 2.24) is 29.7 Å². The average Bonchev–Trinajstić information content (AvgIpc) is 3.17. The van der Waals surface area contributed by atoms with E-state index in [0.717, 1.165) is 4.88 Å². The Morgan fingerprint density at radius 1 is 1.35 bits per heavy atom. The van der Waals surface area contributed by atoms with Gasteiger partial charge in [0.1, 0.15) is 19.3 Å². The molecular weight excluding hydrogens is 278 g/mol. The number of nitrogens with zero attached hydrogens (tertiary/aromatic N) is 6. The van der Waals surface area contributed by atoms with Crippen LogP contribution in [0.25, 0.3) is 5.95 Å². The van der Waals surface area contributed by atoms with E-state index >= 15 is 0 Å². The van der Waals surface area contributed by atoms with Crippen LogP contribution in [0.4, 0.5) is 5.95 Å². The molecule has 8 nitrogen and oxygen atoms in total. The van der Waals surface area contributed by atoms with Crippen LogP contribution in [0.2, 0.25) is 0 Å². The van der Waals surface area contributed by atoms with E-state index < -0.39 is 0 Å². The van der Waals surface area contributed by atoms with Gasteiger partial charge in [-0.15, -0.1) is 11.3 Å². The van der Waals surface area contributed by atoms with Crippen molar-refractivity contribution in [2.45, 2.75) is 6.61 Å². The van der Waals surface area contributed by atoms with Crippen LogP contribution in [0.15, 0.2) is 30.2 Å². The number of ether oxygens (including phenoxy) is 1. The summed E-state index contributed by atoms with van der Waals surface area (Å²) in [6.45, 7) is 0.418. The molecule has 0 radical (unpaired) electrons. The third-order valence-corrected chi connectivity index (χ3v) is 3.22. The predicted molar refractivity (Wildman–Crippen MR) is 72.9 cm³/mol. The number of anilines is 1. The molecule has 0 aliphatic heterocycles. The highest BCUT2D eigenvalue weighted by Crippen LogP contribution is 2.14. The summed E-state index contributed by atoms with van der Waals surface area (Å²) in [6.07, 6.45) is 2.92. The zero-order chi connectivity index (χ0) is 13.8. The minimum Gasteiger partial charge on any atom is -0.458 e.